The molecule has 1 aliphatic heterocycles. The maximum absolute atomic E-state index is 12.1. The topological polar surface area (TPSA) is 48.9 Å². The molecule has 1 fully saturated rings. The Labute approximate surface area is 194 Å². The Morgan fingerprint density at radius 2 is 1.77 bits per heavy atom. The second-order valence-corrected chi connectivity index (χ2v) is 7.44. The molecule has 0 amide bonds. The third kappa shape index (κ3) is 10.8. The van der Waals surface area contributed by atoms with E-state index in [1.165, 1.54) is 25.9 Å². The summed E-state index contributed by atoms with van der Waals surface area (Å²) in [6.07, 6.45) is -0.619. The number of rotatable bonds is 9. The Balaban J connectivity index is 0.00000450. The number of guanidine groups is 1. The van der Waals surface area contributed by atoms with E-state index in [1.54, 1.807) is 19.2 Å². The molecule has 1 aliphatic rings. The van der Waals surface area contributed by atoms with Crippen molar-refractivity contribution in [2.45, 2.75) is 45.5 Å². The molecule has 0 unspecified atom stereocenters. The number of piperidine rings is 1. The van der Waals surface area contributed by atoms with Gasteiger partial charge in [-0.3, -0.25) is 4.99 Å². The lowest BCUT2D eigenvalue weighted by Crippen LogP contribution is -2.39. The molecule has 0 spiro atoms. The second-order valence-electron chi connectivity index (χ2n) is 7.44. The molecule has 0 saturated carbocycles. The van der Waals surface area contributed by atoms with Crippen LogP contribution in [0.5, 0.6) is 0 Å². The van der Waals surface area contributed by atoms with Crippen LogP contribution in [0.4, 0.5) is 13.2 Å². The monoisotopic (exact) mass is 542 g/mol. The van der Waals surface area contributed by atoms with E-state index in [-0.39, 0.29) is 30.6 Å². The second kappa shape index (κ2) is 14.1. The van der Waals surface area contributed by atoms with Crippen molar-refractivity contribution in [3.8, 4) is 0 Å². The van der Waals surface area contributed by atoms with Crippen LogP contribution in [0, 0.1) is 5.92 Å². The lowest BCUT2D eigenvalue weighted by Gasteiger charge is -2.31. The smallest absolute Gasteiger partial charge is 0.367 e. The number of hydrogen-bond donors (Lipinski definition) is 2. The minimum atomic E-state index is -4.29. The number of nitrogens with zero attached hydrogens (tertiary/aromatic N) is 2. The highest BCUT2D eigenvalue weighted by atomic mass is 127. The molecule has 1 saturated heterocycles. The van der Waals surface area contributed by atoms with E-state index in [2.05, 4.69) is 32.2 Å². The van der Waals surface area contributed by atoms with Crippen molar-refractivity contribution >= 4 is 29.9 Å². The number of ether oxygens (including phenoxy) is 1. The molecule has 1 aromatic carbocycles. The van der Waals surface area contributed by atoms with Gasteiger partial charge >= 0.3 is 6.18 Å². The van der Waals surface area contributed by atoms with Gasteiger partial charge in [-0.2, -0.15) is 13.2 Å². The summed E-state index contributed by atoms with van der Waals surface area (Å²) in [5, 5.41) is 6.64. The first kappa shape index (κ1) is 27.0. The Bertz CT molecular complexity index is 618. The lowest BCUT2D eigenvalue weighted by molar-refractivity contribution is -0.176. The summed E-state index contributed by atoms with van der Waals surface area (Å²) in [5.41, 5.74) is 1.74. The van der Waals surface area contributed by atoms with Crippen LogP contribution in [0.15, 0.2) is 29.3 Å². The summed E-state index contributed by atoms with van der Waals surface area (Å²) < 4.78 is 41.0. The molecule has 2 N–H and O–H groups in total. The highest BCUT2D eigenvalue weighted by Crippen LogP contribution is 2.19. The molecule has 0 bridgehead atoms. The zero-order valence-corrected chi connectivity index (χ0v) is 20.1. The summed E-state index contributed by atoms with van der Waals surface area (Å²) in [5.74, 6) is 1.53. The summed E-state index contributed by atoms with van der Waals surface area (Å²) >= 11 is 0. The quantitative estimate of drug-likeness (QED) is 0.280. The van der Waals surface area contributed by atoms with Gasteiger partial charge < -0.3 is 20.3 Å². The molecule has 9 heteroatoms. The van der Waals surface area contributed by atoms with E-state index < -0.39 is 12.8 Å². The van der Waals surface area contributed by atoms with Gasteiger partial charge in [-0.05, 0) is 55.9 Å². The van der Waals surface area contributed by atoms with Crippen molar-refractivity contribution in [2.75, 3.05) is 39.8 Å². The van der Waals surface area contributed by atoms with Crippen molar-refractivity contribution in [3.05, 3.63) is 35.4 Å². The molecule has 0 aliphatic carbocycles. The summed E-state index contributed by atoms with van der Waals surface area (Å²) in [7, 11) is 1.75. The first-order valence-electron chi connectivity index (χ1n) is 10.3. The van der Waals surface area contributed by atoms with Crippen LogP contribution >= 0.6 is 24.0 Å². The average Bonchev–Trinajstić information content (AvgIpc) is 2.71. The average molecular weight is 542 g/mol. The van der Waals surface area contributed by atoms with Gasteiger partial charge in [-0.25, -0.2) is 0 Å². The van der Waals surface area contributed by atoms with Crippen LogP contribution in [-0.4, -0.2) is 56.9 Å². The SMILES string of the molecule is CCN1CCC(CCNC(=NC)NCc2ccc(COCC(F)(F)F)cc2)CC1.I. The highest BCUT2D eigenvalue weighted by Gasteiger charge is 2.27. The number of aliphatic imine (C=N–C) groups is 1. The lowest BCUT2D eigenvalue weighted by atomic mass is 9.93. The van der Waals surface area contributed by atoms with Gasteiger partial charge in [0.2, 0.25) is 0 Å². The number of halogens is 4. The third-order valence-electron chi connectivity index (χ3n) is 5.24. The number of benzene rings is 1. The minimum absolute atomic E-state index is 0. The number of likely N-dealkylation sites (tertiary alicyclic amines) is 1. The van der Waals surface area contributed by atoms with E-state index in [9.17, 15) is 13.2 Å². The third-order valence-corrected chi connectivity index (χ3v) is 5.24. The standard InChI is InChI=1S/C21H33F3N4O.HI/c1-3-28-12-9-17(10-13-28)8-11-26-20(25-2)27-14-18-4-6-19(7-5-18)15-29-16-21(22,23)24;/h4-7,17H,3,8-16H2,1-2H3,(H2,25,26,27);1H. The predicted octanol–water partition coefficient (Wildman–Crippen LogP) is 4.17. The first-order valence-corrected chi connectivity index (χ1v) is 10.3. The molecule has 2 rings (SSSR count). The Hall–Kier alpha value is -1.07. The summed E-state index contributed by atoms with van der Waals surface area (Å²) in [6, 6.07) is 7.33. The van der Waals surface area contributed by atoms with Gasteiger partial charge in [0.05, 0.1) is 6.61 Å². The molecule has 1 heterocycles. The van der Waals surface area contributed by atoms with Crippen LogP contribution in [0.1, 0.15) is 37.3 Å². The maximum atomic E-state index is 12.1. The molecular weight excluding hydrogens is 508 g/mol. The van der Waals surface area contributed by atoms with Gasteiger partial charge in [0.15, 0.2) is 5.96 Å². The number of alkyl halides is 3. The van der Waals surface area contributed by atoms with Crippen molar-refractivity contribution in [3.63, 3.8) is 0 Å². The maximum Gasteiger partial charge on any atom is 0.411 e. The molecule has 172 valence electrons. The molecule has 0 atom stereocenters. The van der Waals surface area contributed by atoms with Gasteiger partial charge in [-0.1, -0.05) is 31.2 Å². The Morgan fingerprint density at radius 1 is 1.13 bits per heavy atom. The van der Waals surface area contributed by atoms with Crippen LogP contribution in [0.3, 0.4) is 0 Å². The fraction of sp³-hybridized carbons (Fsp3) is 0.667. The Kier molecular flexibility index (Phi) is 12.7. The van der Waals surface area contributed by atoms with Crippen molar-refractivity contribution in [2.24, 2.45) is 10.9 Å². The Morgan fingerprint density at radius 3 is 2.33 bits per heavy atom. The van der Waals surface area contributed by atoms with Gasteiger partial charge in [-0.15, -0.1) is 24.0 Å². The molecule has 0 radical (unpaired) electrons. The molecule has 30 heavy (non-hydrogen) atoms. The summed E-state index contributed by atoms with van der Waals surface area (Å²) in [6.45, 7) is 5.97. The van der Waals surface area contributed by atoms with Crippen molar-refractivity contribution in [1.82, 2.24) is 15.5 Å². The van der Waals surface area contributed by atoms with Crippen LogP contribution < -0.4 is 10.6 Å². The summed E-state index contributed by atoms with van der Waals surface area (Å²) in [4.78, 5) is 6.75. The van der Waals surface area contributed by atoms with E-state index >= 15 is 0 Å². The first-order chi connectivity index (χ1) is 13.9. The fourth-order valence-electron chi connectivity index (χ4n) is 3.43. The zero-order chi connectivity index (χ0) is 21.1. The zero-order valence-electron chi connectivity index (χ0n) is 17.8. The highest BCUT2D eigenvalue weighted by molar-refractivity contribution is 14.0. The van der Waals surface area contributed by atoms with Crippen LogP contribution in [-0.2, 0) is 17.9 Å². The minimum Gasteiger partial charge on any atom is -0.367 e. The predicted molar refractivity (Wildman–Crippen MR) is 125 cm³/mol. The van der Waals surface area contributed by atoms with E-state index in [1.807, 2.05) is 12.1 Å². The fourth-order valence-corrected chi connectivity index (χ4v) is 3.43. The number of nitrogens with one attached hydrogen (secondary N) is 2. The van der Waals surface area contributed by atoms with Gasteiger partial charge in [0.25, 0.3) is 0 Å². The van der Waals surface area contributed by atoms with E-state index in [0.29, 0.717) is 6.54 Å². The normalized spacial score (nSPS) is 16.2. The molecule has 0 aromatic heterocycles. The van der Waals surface area contributed by atoms with Gasteiger partial charge in [0.1, 0.15) is 6.61 Å². The number of hydrogen-bond acceptors (Lipinski definition) is 3. The largest absolute Gasteiger partial charge is 0.411 e. The van der Waals surface area contributed by atoms with Crippen molar-refractivity contribution < 1.29 is 17.9 Å². The van der Waals surface area contributed by atoms with Crippen LogP contribution in [0.25, 0.3) is 0 Å². The van der Waals surface area contributed by atoms with Crippen molar-refractivity contribution in [1.29, 1.82) is 0 Å². The molecular formula is C21H34F3IN4O. The molecule has 1 aromatic rings. The van der Waals surface area contributed by atoms with Gasteiger partial charge in [0, 0.05) is 20.1 Å². The van der Waals surface area contributed by atoms with E-state index in [0.717, 1.165) is 42.5 Å². The van der Waals surface area contributed by atoms with Crippen LogP contribution in [0.2, 0.25) is 0 Å². The molecule has 5 nitrogen and oxygen atoms in total. The van der Waals surface area contributed by atoms with E-state index in [4.69, 9.17) is 0 Å².